The molecule has 78 valence electrons. The highest BCUT2D eigenvalue weighted by Crippen LogP contribution is 2.09. The molecule has 0 aliphatic rings. The van der Waals surface area contributed by atoms with Crippen molar-refractivity contribution in [2.45, 2.75) is 32.8 Å². The first kappa shape index (κ1) is 12.8. The van der Waals surface area contributed by atoms with Crippen LogP contribution in [-0.4, -0.2) is 24.1 Å². The monoisotopic (exact) mass is 200 g/mol. The van der Waals surface area contributed by atoms with Gasteiger partial charge in [-0.1, -0.05) is 0 Å². The Balaban J connectivity index is 4.05. The van der Waals surface area contributed by atoms with Crippen molar-refractivity contribution in [2.75, 3.05) is 0 Å². The lowest BCUT2D eigenvalue weighted by molar-refractivity contribution is -0.321. The third kappa shape index (κ3) is 5.42. The lowest BCUT2D eigenvalue weighted by Gasteiger charge is -2.17. The molecule has 5 heteroatoms. The molecule has 0 N–H and O–H groups in total. The van der Waals surface area contributed by atoms with E-state index in [1.807, 2.05) is 0 Å². The second-order valence-corrected chi connectivity index (χ2v) is 3.62. The maximum absolute atomic E-state index is 11.0. The van der Waals surface area contributed by atoms with Gasteiger partial charge in [0.2, 0.25) is 6.29 Å². The zero-order valence-corrected chi connectivity index (χ0v) is 8.33. The summed E-state index contributed by atoms with van der Waals surface area (Å²) < 4.78 is 0. The number of carbonyl (C=O) groups excluding carboxylic acids is 3. The van der Waals surface area contributed by atoms with E-state index in [0.29, 0.717) is 0 Å². The molecule has 0 spiro atoms. The molecular weight excluding hydrogens is 188 g/mol. The maximum atomic E-state index is 11.0. The highest BCUT2D eigenvalue weighted by molar-refractivity contribution is 5.90. The molecule has 2 radical (unpaired) electrons. The molecule has 0 aromatic carbocycles. The van der Waals surface area contributed by atoms with Gasteiger partial charge in [-0.05, 0) is 20.8 Å². The Morgan fingerprint density at radius 2 is 1.93 bits per heavy atom. The summed E-state index contributed by atoms with van der Waals surface area (Å²) in [6.07, 6.45) is 2.43. The van der Waals surface area contributed by atoms with Crippen molar-refractivity contribution in [1.82, 2.24) is 0 Å². The van der Waals surface area contributed by atoms with Crippen LogP contribution >= 0.6 is 0 Å². The molecule has 1 unspecified atom stereocenters. The first-order valence-corrected chi connectivity index (χ1v) is 4.03. The Bertz CT molecular complexity index is 216. The predicted octanol–water partition coefficient (Wildman–Crippen LogP) is 0.485. The van der Waals surface area contributed by atoms with E-state index in [-0.39, 0.29) is 6.42 Å². The van der Waals surface area contributed by atoms with Gasteiger partial charge in [0.15, 0.2) is 6.29 Å². The van der Waals surface area contributed by atoms with Gasteiger partial charge in [0.25, 0.3) is 0 Å². The van der Waals surface area contributed by atoms with Crippen LogP contribution in [0.3, 0.4) is 0 Å². The van der Waals surface area contributed by atoms with Crippen LogP contribution in [0.5, 0.6) is 0 Å². The number of hydrogen-bond acceptors (Lipinski definition) is 5. The van der Waals surface area contributed by atoms with Crippen LogP contribution in [0, 0.1) is 5.92 Å². The van der Waals surface area contributed by atoms with E-state index < -0.39 is 17.5 Å². The van der Waals surface area contributed by atoms with Crippen molar-refractivity contribution in [1.29, 1.82) is 0 Å². The summed E-state index contributed by atoms with van der Waals surface area (Å²) in [4.78, 5) is 40.1. The first-order valence-electron chi connectivity index (χ1n) is 4.03. The van der Waals surface area contributed by atoms with E-state index >= 15 is 0 Å². The molecule has 0 aromatic rings. The molecule has 0 aliphatic heterocycles. The summed E-state index contributed by atoms with van der Waals surface area (Å²) in [5.74, 6) is -2.19. The minimum Gasteiger partial charge on any atom is -0.297 e. The van der Waals surface area contributed by atoms with Gasteiger partial charge < -0.3 is 0 Å². The number of carbonyl (C=O) groups is 1. The largest absolute Gasteiger partial charge is 0.353 e. The van der Waals surface area contributed by atoms with Gasteiger partial charge >= 0.3 is 5.97 Å². The first-order chi connectivity index (χ1) is 6.40. The average molecular weight is 200 g/mol. The second kappa shape index (κ2) is 5.49. The molecule has 0 saturated carbocycles. The van der Waals surface area contributed by atoms with Crippen LogP contribution in [0.25, 0.3) is 0 Å². The fourth-order valence-corrected chi connectivity index (χ4v) is 0.481. The van der Waals surface area contributed by atoms with Crippen molar-refractivity contribution in [3.8, 4) is 0 Å². The standard InChI is InChI=1S/C9H12O5/c1-9(2,3)14-13-8(12)7(6-11)4-5-10/h7H,4H2,1-3H3. The normalized spacial score (nSPS) is 13.1. The van der Waals surface area contributed by atoms with E-state index in [9.17, 15) is 14.4 Å². The van der Waals surface area contributed by atoms with E-state index in [0.717, 1.165) is 0 Å². The Kier molecular flexibility index (Phi) is 5.01. The van der Waals surface area contributed by atoms with Crippen molar-refractivity contribution in [3.05, 3.63) is 0 Å². The summed E-state index contributed by atoms with van der Waals surface area (Å²) >= 11 is 0. The second-order valence-electron chi connectivity index (χ2n) is 3.62. The van der Waals surface area contributed by atoms with E-state index in [1.54, 1.807) is 20.8 Å². The smallest absolute Gasteiger partial charge is 0.297 e. The Hall–Kier alpha value is -1.23. The molecule has 0 rings (SSSR count). The fourth-order valence-electron chi connectivity index (χ4n) is 0.481. The summed E-state index contributed by atoms with van der Waals surface area (Å²) in [5, 5.41) is 0. The van der Waals surface area contributed by atoms with E-state index in [1.165, 1.54) is 12.6 Å². The molecule has 5 nitrogen and oxygen atoms in total. The average Bonchev–Trinajstić information content (AvgIpc) is 2.09. The topological polar surface area (TPSA) is 69.7 Å². The fraction of sp³-hybridized carbons (Fsp3) is 0.667. The molecule has 0 fully saturated rings. The molecule has 0 aliphatic carbocycles. The third-order valence-electron chi connectivity index (χ3n) is 1.09. The molecule has 0 amide bonds. The molecule has 1 atom stereocenters. The zero-order chi connectivity index (χ0) is 11.2. The van der Waals surface area contributed by atoms with Crippen molar-refractivity contribution in [3.63, 3.8) is 0 Å². The lowest BCUT2D eigenvalue weighted by Crippen LogP contribution is -2.26. The van der Waals surface area contributed by atoms with Gasteiger partial charge in [-0.15, -0.1) is 0 Å². The number of rotatable bonds is 5. The highest BCUT2D eigenvalue weighted by atomic mass is 17.2. The Morgan fingerprint density at radius 3 is 2.29 bits per heavy atom. The highest BCUT2D eigenvalue weighted by Gasteiger charge is 2.24. The van der Waals surface area contributed by atoms with Crippen molar-refractivity contribution < 1.29 is 24.2 Å². The SMILES string of the molecule is CC(C)(C)OOC(=O)C([C]=O)C[C]=O. The quantitative estimate of drug-likeness (QED) is 0.367. The molecular formula is C9H12O5. The summed E-state index contributed by atoms with van der Waals surface area (Å²) in [6, 6.07) is 0. The van der Waals surface area contributed by atoms with Crippen LogP contribution in [-0.2, 0) is 24.2 Å². The van der Waals surface area contributed by atoms with Gasteiger partial charge in [0.05, 0.1) is 0 Å². The Labute approximate surface area is 82.3 Å². The van der Waals surface area contributed by atoms with Crippen LogP contribution in [0.4, 0.5) is 0 Å². The molecule has 0 aromatic heterocycles. The van der Waals surface area contributed by atoms with E-state index in [4.69, 9.17) is 0 Å². The maximum Gasteiger partial charge on any atom is 0.353 e. The van der Waals surface area contributed by atoms with Gasteiger partial charge in [-0.2, -0.15) is 4.89 Å². The van der Waals surface area contributed by atoms with Crippen LogP contribution in [0.15, 0.2) is 0 Å². The van der Waals surface area contributed by atoms with Crippen LogP contribution in [0.2, 0.25) is 0 Å². The van der Waals surface area contributed by atoms with E-state index in [2.05, 4.69) is 9.78 Å². The molecule has 0 bridgehead atoms. The zero-order valence-electron chi connectivity index (χ0n) is 8.33. The van der Waals surface area contributed by atoms with Gasteiger partial charge in [0.1, 0.15) is 11.5 Å². The van der Waals surface area contributed by atoms with Crippen molar-refractivity contribution >= 4 is 18.5 Å². The Morgan fingerprint density at radius 1 is 1.36 bits per heavy atom. The third-order valence-corrected chi connectivity index (χ3v) is 1.09. The predicted molar refractivity (Wildman–Crippen MR) is 46.4 cm³/mol. The molecule has 0 heterocycles. The van der Waals surface area contributed by atoms with Gasteiger partial charge in [-0.3, -0.25) is 14.5 Å². The van der Waals surface area contributed by atoms with Gasteiger partial charge in [-0.25, -0.2) is 4.79 Å². The van der Waals surface area contributed by atoms with Crippen LogP contribution < -0.4 is 0 Å². The minimum atomic E-state index is -1.25. The molecule has 0 saturated heterocycles. The number of hydrogen-bond donors (Lipinski definition) is 0. The van der Waals surface area contributed by atoms with Crippen LogP contribution in [0.1, 0.15) is 27.2 Å². The molecule has 14 heavy (non-hydrogen) atoms. The lowest BCUT2D eigenvalue weighted by atomic mass is 10.1. The van der Waals surface area contributed by atoms with Crippen molar-refractivity contribution in [2.24, 2.45) is 5.92 Å². The van der Waals surface area contributed by atoms with Gasteiger partial charge in [0, 0.05) is 6.42 Å². The minimum absolute atomic E-state index is 0.365. The summed E-state index contributed by atoms with van der Waals surface area (Å²) in [5.41, 5.74) is -0.659. The summed E-state index contributed by atoms with van der Waals surface area (Å²) in [7, 11) is 0. The summed E-state index contributed by atoms with van der Waals surface area (Å²) in [6.45, 7) is 5.02.